The zero-order valence-corrected chi connectivity index (χ0v) is 18.3. The molecule has 162 valence electrons. The molecule has 1 aromatic heterocycles. The van der Waals surface area contributed by atoms with Gasteiger partial charge in [0.25, 0.3) is 0 Å². The molecule has 0 radical (unpaired) electrons. The summed E-state index contributed by atoms with van der Waals surface area (Å²) in [6.45, 7) is 9.52. The van der Waals surface area contributed by atoms with E-state index < -0.39 is 0 Å². The first-order valence-corrected chi connectivity index (χ1v) is 10.8. The fourth-order valence-electron chi connectivity index (χ4n) is 3.98. The molecule has 4 rings (SSSR count). The molecule has 2 aromatic carbocycles. The van der Waals surface area contributed by atoms with E-state index in [9.17, 15) is 9.59 Å². The summed E-state index contributed by atoms with van der Waals surface area (Å²) < 4.78 is 2.29. The highest BCUT2D eigenvalue weighted by molar-refractivity contribution is 5.96. The number of rotatable bonds is 5. The van der Waals surface area contributed by atoms with Gasteiger partial charge in [-0.05, 0) is 37.1 Å². The van der Waals surface area contributed by atoms with Crippen LogP contribution in [0.25, 0.3) is 11.0 Å². The van der Waals surface area contributed by atoms with E-state index in [0.717, 1.165) is 36.6 Å². The lowest BCUT2D eigenvalue weighted by molar-refractivity contribution is 0.101. The number of urea groups is 1. The van der Waals surface area contributed by atoms with Gasteiger partial charge in [-0.1, -0.05) is 38.1 Å². The molecule has 0 atom stereocenters. The summed E-state index contributed by atoms with van der Waals surface area (Å²) >= 11 is 0. The smallest absolute Gasteiger partial charge is 0.321 e. The first kappa shape index (κ1) is 20.9. The summed E-state index contributed by atoms with van der Waals surface area (Å²) in [6.07, 6.45) is 0. The van der Waals surface area contributed by atoms with Crippen LogP contribution in [-0.2, 0) is 6.54 Å². The van der Waals surface area contributed by atoms with Crippen LogP contribution in [0.5, 0.6) is 0 Å². The highest BCUT2D eigenvalue weighted by atomic mass is 16.2. The molecule has 1 aliphatic heterocycles. The third kappa shape index (κ3) is 4.55. The van der Waals surface area contributed by atoms with Gasteiger partial charge in [0.2, 0.25) is 5.95 Å². The molecule has 0 saturated carbocycles. The first-order chi connectivity index (χ1) is 14.9. The molecule has 0 aliphatic carbocycles. The number of ketones is 1. The second-order valence-electron chi connectivity index (χ2n) is 8.45. The predicted molar refractivity (Wildman–Crippen MR) is 124 cm³/mol. The van der Waals surface area contributed by atoms with Crippen LogP contribution in [0, 0.1) is 5.92 Å². The summed E-state index contributed by atoms with van der Waals surface area (Å²) in [5, 5.41) is 2.92. The quantitative estimate of drug-likeness (QED) is 0.628. The highest BCUT2D eigenvalue weighted by Gasteiger charge is 2.25. The summed E-state index contributed by atoms with van der Waals surface area (Å²) in [5.41, 5.74) is 3.38. The van der Waals surface area contributed by atoms with Crippen LogP contribution in [0.1, 0.15) is 31.1 Å². The maximum Gasteiger partial charge on any atom is 0.321 e. The van der Waals surface area contributed by atoms with Crippen LogP contribution in [0.15, 0.2) is 48.5 Å². The lowest BCUT2D eigenvalue weighted by atomic mass is 10.1. The topological polar surface area (TPSA) is 70.5 Å². The van der Waals surface area contributed by atoms with Crippen molar-refractivity contribution in [1.29, 1.82) is 0 Å². The first-order valence-electron chi connectivity index (χ1n) is 10.8. The summed E-state index contributed by atoms with van der Waals surface area (Å²) in [4.78, 5) is 33.3. The SMILES string of the molecule is CC(=O)c1cccc(NC(=O)N2CCN(c3nc4ccccc4n3CC(C)C)CC2)c1. The van der Waals surface area contributed by atoms with Gasteiger partial charge in [-0.3, -0.25) is 4.79 Å². The van der Waals surface area contributed by atoms with Crippen molar-refractivity contribution in [2.24, 2.45) is 5.92 Å². The van der Waals surface area contributed by atoms with Gasteiger partial charge in [0.1, 0.15) is 0 Å². The van der Waals surface area contributed by atoms with Crippen LogP contribution in [-0.4, -0.2) is 52.4 Å². The Bertz CT molecular complexity index is 1100. The molecular weight excluding hydrogens is 390 g/mol. The van der Waals surface area contributed by atoms with Gasteiger partial charge in [0.15, 0.2) is 5.78 Å². The van der Waals surface area contributed by atoms with Gasteiger partial charge in [-0.15, -0.1) is 0 Å². The van der Waals surface area contributed by atoms with Gasteiger partial charge in [0, 0.05) is 44.0 Å². The minimum Gasteiger partial charge on any atom is -0.339 e. The van der Waals surface area contributed by atoms with Crippen molar-refractivity contribution >= 4 is 34.5 Å². The van der Waals surface area contributed by atoms with E-state index in [-0.39, 0.29) is 11.8 Å². The average molecular weight is 420 g/mol. The molecule has 0 unspecified atom stereocenters. The molecule has 7 heteroatoms. The van der Waals surface area contributed by atoms with Gasteiger partial charge in [0.05, 0.1) is 11.0 Å². The number of benzene rings is 2. The Morgan fingerprint density at radius 3 is 2.48 bits per heavy atom. The third-order valence-electron chi connectivity index (χ3n) is 5.55. The van der Waals surface area contributed by atoms with Gasteiger partial charge in [-0.25, -0.2) is 9.78 Å². The predicted octanol–water partition coefficient (Wildman–Crippen LogP) is 4.25. The summed E-state index contributed by atoms with van der Waals surface area (Å²) in [6, 6.07) is 15.1. The van der Waals surface area contributed by atoms with E-state index in [1.165, 1.54) is 6.92 Å². The molecule has 1 fully saturated rings. The fourth-order valence-corrected chi connectivity index (χ4v) is 3.98. The molecular formula is C24H29N5O2. The minimum absolute atomic E-state index is 0.0194. The maximum absolute atomic E-state index is 12.7. The number of hydrogen-bond donors (Lipinski definition) is 1. The molecule has 7 nitrogen and oxygen atoms in total. The van der Waals surface area contributed by atoms with Crippen LogP contribution in [0.2, 0.25) is 0 Å². The number of para-hydroxylation sites is 2. The Balaban J connectivity index is 1.45. The van der Waals surface area contributed by atoms with E-state index in [1.54, 1.807) is 24.3 Å². The number of fused-ring (bicyclic) bond motifs is 1. The maximum atomic E-state index is 12.7. The largest absolute Gasteiger partial charge is 0.339 e. The third-order valence-corrected chi connectivity index (χ3v) is 5.55. The number of nitrogens with one attached hydrogen (secondary N) is 1. The molecule has 1 aliphatic rings. The standard InChI is InChI=1S/C24H29N5O2/c1-17(2)16-29-22-10-5-4-9-21(22)26-23(29)27-11-13-28(14-12-27)24(31)25-20-8-6-7-19(15-20)18(3)30/h4-10,15,17H,11-14,16H2,1-3H3,(H,25,31). The number of imidazole rings is 1. The zero-order chi connectivity index (χ0) is 22.0. The normalized spacial score (nSPS) is 14.3. The number of carbonyl (C=O) groups excluding carboxylic acids is 2. The van der Waals surface area contributed by atoms with Crippen molar-refractivity contribution in [2.75, 3.05) is 36.4 Å². The molecule has 0 bridgehead atoms. The molecule has 3 aromatic rings. The van der Waals surface area contributed by atoms with Crippen LogP contribution >= 0.6 is 0 Å². The highest BCUT2D eigenvalue weighted by Crippen LogP contribution is 2.25. The second kappa shape index (κ2) is 8.79. The molecule has 1 saturated heterocycles. The lowest BCUT2D eigenvalue weighted by Crippen LogP contribution is -2.50. The number of piperazine rings is 1. The second-order valence-corrected chi connectivity index (χ2v) is 8.45. The average Bonchev–Trinajstić information content (AvgIpc) is 3.12. The van der Waals surface area contributed by atoms with Gasteiger partial charge >= 0.3 is 6.03 Å². The van der Waals surface area contributed by atoms with E-state index >= 15 is 0 Å². The molecule has 1 N–H and O–H groups in total. The van der Waals surface area contributed by atoms with Crippen LogP contribution in [0.4, 0.5) is 16.4 Å². The van der Waals surface area contributed by atoms with E-state index in [4.69, 9.17) is 4.98 Å². The number of Topliss-reactive ketones (excluding diaryl/α,β-unsaturated/α-hetero) is 1. The van der Waals surface area contributed by atoms with Crippen LogP contribution in [0.3, 0.4) is 0 Å². The number of nitrogens with zero attached hydrogens (tertiary/aromatic N) is 4. The number of hydrogen-bond acceptors (Lipinski definition) is 4. The summed E-state index contributed by atoms with van der Waals surface area (Å²) in [5.74, 6) is 1.47. The zero-order valence-electron chi connectivity index (χ0n) is 18.3. The fraction of sp³-hybridized carbons (Fsp3) is 0.375. The van der Waals surface area contributed by atoms with Gasteiger partial charge in [-0.2, -0.15) is 0 Å². The Morgan fingerprint density at radius 2 is 1.77 bits per heavy atom. The Labute approximate surface area is 182 Å². The number of aromatic nitrogens is 2. The number of amides is 2. The van der Waals surface area contributed by atoms with Crippen molar-refractivity contribution in [3.8, 4) is 0 Å². The van der Waals surface area contributed by atoms with Crippen molar-refractivity contribution in [3.63, 3.8) is 0 Å². The van der Waals surface area contributed by atoms with Gasteiger partial charge < -0.3 is 19.7 Å². The van der Waals surface area contributed by atoms with Crippen molar-refractivity contribution in [1.82, 2.24) is 14.5 Å². The molecule has 2 heterocycles. The van der Waals surface area contributed by atoms with Crippen molar-refractivity contribution in [3.05, 3.63) is 54.1 Å². The van der Waals surface area contributed by atoms with E-state index in [0.29, 0.717) is 30.3 Å². The lowest BCUT2D eigenvalue weighted by Gasteiger charge is -2.35. The molecule has 31 heavy (non-hydrogen) atoms. The Morgan fingerprint density at radius 1 is 1.03 bits per heavy atom. The van der Waals surface area contributed by atoms with Crippen molar-refractivity contribution in [2.45, 2.75) is 27.3 Å². The molecule has 2 amide bonds. The Hall–Kier alpha value is -3.35. The minimum atomic E-state index is -0.143. The van der Waals surface area contributed by atoms with Crippen LogP contribution < -0.4 is 10.2 Å². The Kier molecular flexibility index (Phi) is 5.93. The monoisotopic (exact) mass is 419 g/mol. The summed E-state index contributed by atoms with van der Waals surface area (Å²) in [7, 11) is 0. The number of anilines is 2. The van der Waals surface area contributed by atoms with Crippen molar-refractivity contribution < 1.29 is 9.59 Å². The van der Waals surface area contributed by atoms with E-state index in [1.807, 2.05) is 17.0 Å². The van der Waals surface area contributed by atoms with E-state index in [2.05, 4.69) is 40.8 Å². The molecule has 0 spiro atoms. The number of carbonyl (C=O) groups is 2.